The van der Waals surface area contributed by atoms with Crippen LogP contribution in [0.3, 0.4) is 0 Å². The maximum atomic E-state index is 12.0. The maximum absolute atomic E-state index is 12.0. The molecule has 5 nitrogen and oxygen atoms in total. The molecule has 0 radical (unpaired) electrons. The van der Waals surface area contributed by atoms with Gasteiger partial charge in [-0.3, -0.25) is 24.1 Å². The summed E-state index contributed by atoms with van der Waals surface area (Å²) in [6.07, 6.45) is 0.380. The monoisotopic (exact) mass is 285 g/mol. The van der Waals surface area contributed by atoms with Gasteiger partial charge in [-0.1, -0.05) is 6.92 Å². The number of imide groups is 1. The Labute approximate surface area is 117 Å². The molecule has 6 heteroatoms. The average Bonchev–Trinajstić information content (AvgIpc) is 2.58. The Balaban J connectivity index is 2.50. The zero-order chi connectivity index (χ0) is 14.6. The number of thioether (sulfide) groups is 1. The number of hydrogen-bond donors (Lipinski definition) is 0. The van der Waals surface area contributed by atoms with Gasteiger partial charge in [-0.2, -0.15) is 0 Å². The Hall–Kier alpha value is -1.17. The first-order valence-corrected chi connectivity index (χ1v) is 7.33. The van der Waals surface area contributed by atoms with E-state index in [-0.39, 0.29) is 48.7 Å². The van der Waals surface area contributed by atoms with E-state index in [2.05, 4.69) is 0 Å². The van der Waals surface area contributed by atoms with E-state index >= 15 is 0 Å². The Morgan fingerprint density at radius 2 is 2.00 bits per heavy atom. The lowest BCUT2D eigenvalue weighted by Gasteiger charge is -2.14. The SMILES string of the molecule is CC(=O)CCN1C(=O)CC(SCC(C)C(C)=O)C1=O. The molecule has 0 aromatic heterocycles. The second-order valence-corrected chi connectivity index (χ2v) is 6.11. The number of hydrogen-bond acceptors (Lipinski definition) is 5. The quantitative estimate of drug-likeness (QED) is 0.654. The van der Waals surface area contributed by atoms with Gasteiger partial charge in [-0.05, 0) is 13.8 Å². The van der Waals surface area contributed by atoms with E-state index in [9.17, 15) is 19.2 Å². The molecule has 2 atom stereocenters. The molecule has 1 heterocycles. The number of Topliss-reactive ketones (excluding diaryl/α,β-unsaturated/α-hetero) is 2. The molecule has 0 saturated carbocycles. The van der Waals surface area contributed by atoms with Crippen molar-refractivity contribution in [1.29, 1.82) is 0 Å². The van der Waals surface area contributed by atoms with Crippen LogP contribution in [0.4, 0.5) is 0 Å². The Kier molecular flexibility index (Phi) is 5.72. The van der Waals surface area contributed by atoms with Gasteiger partial charge in [0.15, 0.2) is 0 Å². The molecule has 2 amide bonds. The van der Waals surface area contributed by atoms with Crippen LogP contribution in [-0.2, 0) is 19.2 Å². The third-order valence-electron chi connectivity index (χ3n) is 3.13. The van der Waals surface area contributed by atoms with E-state index in [0.29, 0.717) is 5.75 Å². The highest BCUT2D eigenvalue weighted by Crippen LogP contribution is 2.27. The lowest BCUT2D eigenvalue weighted by Crippen LogP contribution is -2.33. The van der Waals surface area contributed by atoms with Crippen LogP contribution in [0.2, 0.25) is 0 Å². The van der Waals surface area contributed by atoms with Crippen LogP contribution >= 0.6 is 11.8 Å². The summed E-state index contributed by atoms with van der Waals surface area (Å²) in [6, 6.07) is 0. The van der Waals surface area contributed by atoms with Crippen molar-refractivity contribution in [3.05, 3.63) is 0 Å². The molecule has 1 saturated heterocycles. The van der Waals surface area contributed by atoms with Crippen molar-refractivity contribution < 1.29 is 19.2 Å². The van der Waals surface area contributed by atoms with E-state index in [0.717, 1.165) is 4.90 Å². The largest absolute Gasteiger partial charge is 0.300 e. The fourth-order valence-corrected chi connectivity index (χ4v) is 2.95. The normalized spacial score (nSPS) is 20.8. The fourth-order valence-electron chi connectivity index (χ4n) is 1.67. The summed E-state index contributed by atoms with van der Waals surface area (Å²) < 4.78 is 0. The lowest BCUT2D eigenvalue weighted by molar-refractivity contribution is -0.138. The standard InChI is InChI=1S/C13H19NO4S/c1-8(10(3)16)7-19-11-6-12(17)14(13(11)18)5-4-9(2)15/h8,11H,4-7H2,1-3H3. The fraction of sp³-hybridized carbons (Fsp3) is 0.692. The smallest absolute Gasteiger partial charge is 0.242 e. The van der Waals surface area contributed by atoms with Gasteiger partial charge in [0.2, 0.25) is 11.8 Å². The Bertz CT molecular complexity index is 407. The summed E-state index contributed by atoms with van der Waals surface area (Å²) in [5.74, 6) is 0.0181. The molecule has 2 unspecified atom stereocenters. The summed E-state index contributed by atoms with van der Waals surface area (Å²) in [4.78, 5) is 46.9. The number of nitrogens with zero attached hydrogens (tertiary/aromatic N) is 1. The summed E-state index contributed by atoms with van der Waals surface area (Å²) in [5.41, 5.74) is 0. The van der Waals surface area contributed by atoms with Gasteiger partial charge in [-0.15, -0.1) is 11.8 Å². The third-order valence-corrected chi connectivity index (χ3v) is 4.59. The lowest BCUT2D eigenvalue weighted by atomic mass is 10.1. The number of likely N-dealkylation sites (tertiary alicyclic amines) is 1. The average molecular weight is 285 g/mol. The van der Waals surface area contributed by atoms with Gasteiger partial charge < -0.3 is 0 Å². The van der Waals surface area contributed by atoms with Crippen molar-refractivity contribution in [3.63, 3.8) is 0 Å². The van der Waals surface area contributed by atoms with Crippen LogP contribution in [-0.4, -0.2) is 45.8 Å². The van der Waals surface area contributed by atoms with Gasteiger partial charge in [0.05, 0.1) is 5.25 Å². The summed E-state index contributed by atoms with van der Waals surface area (Å²) in [7, 11) is 0. The zero-order valence-electron chi connectivity index (χ0n) is 11.5. The van der Waals surface area contributed by atoms with Crippen molar-refractivity contribution in [1.82, 2.24) is 4.90 Å². The first-order chi connectivity index (χ1) is 8.82. The predicted molar refractivity (Wildman–Crippen MR) is 72.7 cm³/mol. The molecule has 0 aliphatic carbocycles. The van der Waals surface area contributed by atoms with Crippen LogP contribution in [0.25, 0.3) is 0 Å². The van der Waals surface area contributed by atoms with Gasteiger partial charge >= 0.3 is 0 Å². The van der Waals surface area contributed by atoms with Crippen LogP contribution in [0.15, 0.2) is 0 Å². The van der Waals surface area contributed by atoms with E-state index in [1.54, 1.807) is 0 Å². The minimum absolute atomic E-state index is 0.0399. The van der Waals surface area contributed by atoms with Gasteiger partial charge in [0.1, 0.15) is 11.6 Å². The molecule has 1 fully saturated rings. The van der Waals surface area contributed by atoms with Crippen molar-refractivity contribution in [2.75, 3.05) is 12.3 Å². The van der Waals surface area contributed by atoms with Crippen LogP contribution in [0.1, 0.15) is 33.6 Å². The summed E-state index contributed by atoms with van der Waals surface area (Å²) in [6.45, 7) is 4.94. The maximum Gasteiger partial charge on any atom is 0.242 e. The molecular weight excluding hydrogens is 266 g/mol. The third kappa shape index (κ3) is 4.45. The minimum Gasteiger partial charge on any atom is -0.300 e. The Morgan fingerprint density at radius 1 is 1.37 bits per heavy atom. The molecule has 0 aromatic rings. The highest BCUT2D eigenvalue weighted by Gasteiger charge is 2.38. The molecule has 0 N–H and O–H groups in total. The van der Waals surface area contributed by atoms with Crippen LogP contribution < -0.4 is 0 Å². The highest BCUT2D eigenvalue weighted by molar-refractivity contribution is 8.00. The van der Waals surface area contributed by atoms with Crippen LogP contribution in [0.5, 0.6) is 0 Å². The predicted octanol–water partition coefficient (Wildman–Crippen LogP) is 1.05. The first-order valence-electron chi connectivity index (χ1n) is 6.28. The summed E-state index contributed by atoms with van der Waals surface area (Å²) in [5, 5.41) is -0.402. The van der Waals surface area contributed by atoms with Gasteiger partial charge in [0.25, 0.3) is 0 Å². The number of amides is 2. The number of rotatable bonds is 7. The first kappa shape index (κ1) is 15.9. The van der Waals surface area contributed by atoms with Crippen LogP contribution in [0, 0.1) is 5.92 Å². The van der Waals surface area contributed by atoms with Crippen molar-refractivity contribution in [3.8, 4) is 0 Å². The van der Waals surface area contributed by atoms with Crippen molar-refractivity contribution in [2.24, 2.45) is 5.92 Å². The Morgan fingerprint density at radius 3 is 2.53 bits per heavy atom. The molecule has 106 valence electrons. The summed E-state index contributed by atoms with van der Waals surface area (Å²) >= 11 is 1.35. The van der Waals surface area contributed by atoms with Gasteiger partial charge in [-0.25, -0.2) is 0 Å². The highest BCUT2D eigenvalue weighted by atomic mass is 32.2. The zero-order valence-corrected chi connectivity index (χ0v) is 12.3. The number of carbonyl (C=O) groups excluding carboxylic acids is 4. The molecule has 0 spiro atoms. The van der Waals surface area contributed by atoms with E-state index in [4.69, 9.17) is 0 Å². The van der Waals surface area contributed by atoms with E-state index in [1.807, 2.05) is 6.92 Å². The molecule has 1 aliphatic rings. The molecule has 19 heavy (non-hydrogen) atoms. The molecule has 0 bridgehead atoms. The number of carbonyl (C=O) groups is 4. The van der Waals surface area contributed by atoms with E-state index < -0.39 is 5.25 Å². The number of ketones is 2. The topological polar surface area (TPSA) is 71.5 Å². The van der Waals surface area contributed by atoms with Crippen molar-refractivity contribution in [2.45, 2.75) is 38.9 Å². The molecule has 1 aliphatic heterocycles. The second-order valence-electron chi connectivity index (χ2n) is 4.87. The minimum atomic E-state index is -0.402. The molecule has 0 aromatic carbocycles. The second kappa shape index (κ2) is 6.84. The van der Waals surface area contributed by atoms with E-state index in [1.165, 1.54) is 25.6 Å². The molecular formula is C13H19NO4S. The van der Waals surface area contributed by atoms with Crippen molar-refractivity contribution >= 4 is 35.1 Å². The molecule has 1 rings (SSSR count). The van der Waals surface area contributed by atoms with Gasteiger partial charge in [0, 0.05) is 31.1 Å².